The summed E-state index contributed by atoms with van der Waals surface area (Å²) in [5, 5.41) is 2.90. The van der Waals surface area contributed by atoms with E-state index in [0.29, 0.717) is 6.54 Å². The minimum Gasteiger partial charge on any atom is -0.378 e. The third kappa shape index (κ3) is 2.25. The molecule has 4 nitrogen and oxygen atoms in total. The van der Waals surface area contributed by atoms with E-state index in [2.05, 4.69) is 40.5 Å². The molecular weight excluding hydrogens is 276 g/mol. The molecule has 0 bridgehead atoms. The number of benzene rings is 2. The first-order valence-electron chi connectivity index (χ1n) is 7.66. The SMILES string of the molecule is O=C1NCc2c1cccc2-c1ccc(N2CCOCC2)cc1. The Morgan fingerprint density at radius 1 is 0.955 bits per heavy atom. The van der Waals surface area contributed by atoms with Gasteiger partial charge in [-0.15, -0.1) is 0 Å². The fraction of sp³-hybridized carbons (Fsp3) is 0.278. The Kier molecular flexibility index (Phi) is 3.31. The second-order valence-corrected chi connectivity index (χ2v) is 5.66. The summed E-state index contributed by atoms with van der Waals surface area (Å²) in [4.78, 5) is 14.1. The van der Waals surface area contributed by atoms with E-state index in [1.165, 1.54) is 5.69 Å². The van der Waals surface area contributed by atoms with E-state index in [4.69, 9.17) is 4.74 Å². The third-order valence-corrected chi connectivity index (χ3v) is 4.40. The van der Waals surface area contributed by atoms with Gasteiger partial charge in [0.2, 0.25) is 0 Å². The fourth-order valence-corrected chi connectivity index (χ4v) is 3.20. The minimum atomic E-state index is 0.0294. The van der Waals surface area contributed by atoms with Gasteiger partial charge < -0.3 is 15.0 Å². The monoisotopic (exact) mass is 294 g/mol. The van der Waals surface area contributed by atoms with Gasteiger partial charge in [0, 0.05) is 30.9 Å². The van der Waals surface area contributed by atoms with E-state index in [1.54, 1.807) is 0 Å². The molecule has 4 rings (SSSR count). The van der Waals surface area contributed by atoms with Crippen LogP contribution in [0.4, 0.5) is 5.69 Å². The number of fused-ring (bicyclic) bond motifs is 1. The molecular formula is C18H18N2O2. The van der Waals surface area contributed by atoms with Crippen LogP contribution in [0.5, 0.6) is 0 Å². The van der Waals surface area contributed by atoms with Gasteiger partial charge in [0.25, 0.3) is 5.91 Å². The average molecular weight is 294 g/mol. The molecule has 0 aliphatic carbocycles. The quantitative estimate of drug-likeness (QED) is 0.925. The number of rotatable bonds is 2. The molecule has 0 spiro atoms. The standard InChI is InChI=1S/C18H18N2O2/c21-18-16-3-1-2-15(17(16)12-19-18)13-4-6-14(7-5-13)20-8-10-22-11-9-20/h1-7H,8-12H2,(H,19,21). The smallest absolute Gasteiger partial charge is 0.251 e. The van der Waals surface area contributed by atoms with Crippen molar-refractivity contribution < 1.29 is 9.53 Å². The van der Waals surface area contributed by atoms with Crippen molar-refractivity contribution in [1.82, 2.24) is 5.32 Å². The van der Waals surface area contributed by atoms with Crippen molar-refractivity contribution in [2.45, 2.75) is 6.54 Å². The number of nitrogens with one attached hydrogen (secondary N) is 1. The number of nitrogens with zero attached hydrogens (tertiary/aromatic N) is 1. The first-order chi connectivity index (χ1) is 10.8. The van der Waals surface area contributed by atoms with Crippen LogP contribution in [0.2, 0.25) is 0 Å². The Balaban J connectivity index is 1.65. The zero-order chi connectivity index (χ0) is 14.9. The molecule has 1 amide bonds. The van der Waals surface area contributed by atoms with Crippen LogP contribution in [0.25, 0.3) is 11.1 Å². The lowest BCUT2D eigenvalue weighted by molar-refractivity contribution is 0.0965. The number of amides is 1. The summed E-state index contributed by atoms with van der Waals surface area (Å²) >= 11 is 0. The highest BCUT2D eigenvalue weighted by molar-refractivity contribution is 6.00. The van der Waals surface area contributed by atoms with Gasteiger partial charge in [0.1, 0.15) is 0 Å². The second-order valence-electron chi connectivity index (χ2n) is 5.66. The lowest BCUT2D eigenvalue weighted by Gasteiger charge is -2.29. The van der Waals surface area contributed by atoms with Crippen LogP contribution in [0.15, 0.2) is 42.5 Å². The molecule has 2 aliphatic rings. The highest BCUT2D eigenvalue weighted by atomic mass is 16.5. The molecule has 112 valence electrons. The van der Waals surface area contributed by atoms with E-state index in [-0.39, 0.29) is 5.91 Å². The molecule has 0 saturated carbocycles. The number of hydrogen-bond donors (Lipinski definition) is 1. The summed E-state index contributed by atoms with van der Waals surface area (Å²) in [5.41, 5.74) is 5.44. The molecule has 2 aromatic carbocycles. The topological polar surface area (TPSA) is 41.6 Å². The Bertz CT molecular complexity index is 704. The van der Waals surface area contributed by atoms with Crippen LogP contribution in [-0.4, -0.2) is 32.2 Å². The van der Waals surface area contributed by atoms with Crippen molar-refractivity contribution in [2.24, 2.45) is 0 Å². The maximum atomic E-state index is 11.8. The Hall–Kier alpha value is -2.33. The zero-order valence-corrected chi connectivity index (χ0v) is 12.3. The van der Waals surface area contributed by atoms with Crippen LogP contribution < -0.4 is 10.2 Å². The van der Waals surface area contributed by atoms with Gasteiger partial charge >= 0.3 is 0 Å². The van der Waals surface area contributed by atoms with E-state index in [0.717, 1.165) is 48.6 Å². The van der Waals surface area contributed by atoms with Gasteiger partial charge in [0.15, 0.2) is 0 Å². The number of hydrogen-bond acceptors (Lipinski definition) is 3. The minimum absolute atomic E-state index is 0.0294. The summed E-state index contributed by atoms with van der Waals surface area (Å²) in [5.74, 6) is 0.0294. The van der Waals surface area contributed by atoms with Crippen molar-refractivity contribution in [3.05, 3.63) is 53.6 Å². The fourth-order valence-electron chi connectivity index (χ4n) is 3.20. The molecule has 1 fully saturated rings. The van der Waals surface area contributed by atoms with E-state index in [9.17, 15) is 4.79 Å². The van der Waals surface area contributed by atoms with Crippen molar-refractivity contribution in [3.63, 3.8) is 0 Å². The molecule has 1 N–H and O–H groups in total. The Morgan fingerprint density at radius 2 is 1.68 bits per heavy atom. The van der Waals surface area contributed by atoms with Gasteiger partial charge in [-0.3, -0.25) is 4.79 Å². The van der Waals surface area contributed by atoms with Gasteiger partial charge in [-0.25, -0.2) is 0 Å². The lowest BCUT2D eigenvalue weighted by Crippen LogP contribution is -2.36. The summed E-state index contributed by atoms with van der Waals surface area (Å²) in [6.45, 7) is 4.09. The summed E-state index contributed by atoms with van der Waals surface area (Å²) in [7, 11) is 0. The van der Waals surface area contributed by atoms with E-state index in [1.807, 2.05) is 12.1 Å². The average Bonchev–Trinajstić information content (AvgIpc) is 2.97. The molecule has 4 heteroatoms. The van der Waals surface area contributed by atoms with E-state index >= 15 is 0 Å². The molecule has 2 aliphatic heterocycles. The van der Waals surface area contributed by atoms with Crippen molar-refractivity contribution in [1.29, 1.82) is 0 Å². The predicted molar refractivity (Wildman–Crippen MR) is 86.1 cm³/mol. The molecule has 0 radical (unpaired) electrons. The van der Waals surface area contributed by atoms with Gasteiger partial charge in [-0.2, -0.15) is 0 Å². The first-order valence-corrected chi connectivity index (χ1v) is 7.66. The predicted octanol–water partition coefficient (Wildman–Crippen LogP) is 2.43. The zero-order valence-electron chi connectivity index (χ0n) is 12.3. The summed E-state index contributed by atoms with van der Waals surface area (Å²) < 4.78 is 5.39. The molecule has 22 heavy (non-hydrogen) atoms. The summed E-state index contributed by atoms with van der Waals surface area (Å²) in [6.07, 6.45) is 0. The van der Waals surface area contributed by atoms with Crippen molar-refractivity contribution in [2.75, 3.05) is 31.2 Å². The van der Waals surface area contributed by atoms with Crippen LogP contribution in [0.1, 0.15) is 15.9 Å². The number of ether oxygens (including phenoxy) is 1. The Labute approximate surface area is 129 Å². The molecule has 0 aromatic heterocycles. The first kappa shape index (κ1) is 13.3. The molecule has 1 saturated heterocycles. The largest absolute Gasteiger partial charge is 0.378 e. The van der Waals surface area contributed by atoms with Gasteiger partial charge in [-0.05, 0) is 34.9 Å². The van der Waals surface area contributed by atoms with Gasteiger partial charge in [-0.1, -0.05) is 24.3 Å². The lowest BCUT2D eigenvalue weighted by atomic mass is 9.97. The van der Waals surface area contributed by atoms with Crippen molar-refractivity contribution >= 4 is 11.6 Å². The molecule has 2 aromatic rings. The number of carbonyl (C=O) groups excluding carboxylic acids is 1. The van der Waals surface area contributed by atoms with Gasteiger partial charge in [0.05, 0.1) is 13.2 Å². The van der Waals surface area contributed by atoms with Crippen LogP contribution in [-0.2, 0) is 11.3 Å². The number of morpholine rings is 1. The summed E-state index contributed by atoms with van der Waals surface area (Å²) in [6, 6.07) is 14.5. The maximum absolute atomic E-state index is 11.8. The highest BCUT2D eigenvalue weighted by Gasteiger charge is 2.21. The number of anilines is 1. The third-order valence-electron chi connectivity index (χ3n) is 4.40. The normalized spacial score (nSPS) is 17.3. The Morgan fingerprint density at radius 3 is 2.45 bits per heavy atom. The van der Waals surface area contributed by atoms with Crippen LogP contribution >= 0.6 is 0 Å². The van der Waals surface area contributed by atoms with Crippen LogP contribution in [0.3, 0.4) is 0 Å². The molecule has 2 heterocycles. The number of carbonyl (C=O) groups is 1. The van der Waals surface area contributed by atoms with Crippen LogP contribution in [0, 0.1) is 0 Å². The maximum Gasteiger partial charge on any atom is 0.251 e. The molecule has 0 atom stereocenters. The highest BCUT2D eigenvalue weighted by Crippen LogP contribution is 2.30. The van der Waals surface area contributed by atoms with Crippen molar-refractivity contribution in [3.8, 4) is 11.1 Å². The second kappa shape index (κ2) is 5.46. The van der Waals surface area contributed by atoms with E-state index < -0.39 is 0 Å². The molecule has 0 unspecified atom stereocenters.